The van der Waals surface area contributed by atoms with Crippen molar-refractivity contribution in [3.8, 4) is 0 Å². The van der Waals surface area contributed by atoms with Gasteiger partial charge in [0.1, 0.15) is 6.54 Å². The van der Waals surface area contributed by atoms with Gasteiger partial charge < -0.3 is 4.90 Å². The first-order valence-corrected chi connectivity index (χ1v) is 11.6. The lowest BCUT2D eigenvalue weighted by atomic mass is 10.0. The predicted molar refractivity (Wildman–Crippen MR) is 126 cm³/mol. The number of carbonyl (C=O) groups is 1. The molecule has 0 spiro atoms. The zero-order valence-electron chi connectivity index (χ0n) is 18.3. The summed E-state index contributed by atoms with van der Waals surface area (Å²) in [5.41, 5.74) is 3.23. The number of sulfonamides is 1. The molecule has 1 amide bonds. The third-order valence-corrected chi connectivity index (χ3v) is 7.04. The summed E-state index contributed by atoms with van der Waals surface area (Å²) in [7, 11) is -2.28. The molecule has 0 aliphatic heterocycles. The minimum absolute atomic E-state index is 0.154. The topological polar surface area (TPSA) is 57.7 Å². The standard InChI is InChI=1S/C25H28N2O3S/c1-19(2)21-12-14-23(15-13-21)27(31(29,30)24-16-10-20(3)11-17-24)18-25(28)26(4)22-8-6-5-7-9-22/h5-17,19H,18H2,1-4H3. The molecule has 0 radical (unpaired) electrons. The maximum Gasteiger partial charge on any atom is 0.264 e. The summed E-state index contributed by atoms with van der Waals surface area (Å²) in [5.74, 6) is -0.00289. The van der Waals surface area contributed by atoms with E-state index in [-0.39, 0.29) is 17.3 Å². The fourth-order valence-electron chi connectivity index (χ4n) is 3.20. The summed E-state index contributed by atoms with van der Waals surface area (Å²) in [4.78, 5) is 14.7. The molecule has 5 nitrogen and oxygen atoms in total. The zero-order valence-corrected chi connectivity index (χ0v) is 19.1. The largest absolute Gasteiger partial charge is 0.314 e. The van der Waals surface area contributed by atoms with Gasteiger partial charge in [-0.15, -0.1) is 0 Å². The molecule has 3 rings (SSSR count). The van der Waals surface area contributed by atoms with Crippen molar-refractivity contribution in [2.75, 3.05) is 22.8 Å². The van der Waals surface area contributed by atoms with E-state index < -0.39 is 10.0 Å². The highest BCUT2D eigenvalue weighted by molar-refractivity contribution is 7.92. The minimum Gasteiger partial charge on any atom is -0.314 e. The highest BCUT2D eigenvalue weighted by atomic mass is 32.2. The van der Waals surface area contributed by atoms with Crippen LogP contribution in [0.25, 0.3) is 0 Å². The molecule has 0 N–H and O–H groups in total. The van der Waals surface area contributed by atoms with Crippen LogP contribution < -0.4 is 9.21 Å². The van der Waals surface area contributed by atoms with E-state index in [0.717, 1.165) is 11.1 Å². The first-order chi connectivity index (χ1) is 14.7. The van der Waals surface area contributed by atoms with Crippen molar-refractivity contribution in [2.45, 2.75) is 31.6 Å². The molecule has 0 heterocycles. The highest BCUT2D eigenvalue weighted by Gasteiger charge is 2.28. The Balaban J connectivity index is 1.99. The smallest absolute Gasteiger partial charge is 0.264 e. The molecule has 3 aromatic carbocycles. The SMILES string of the molecule is Cc1ccc(S(=O)(=O)N(CC(=O)N(C)c2ccccc2)c2ccc(C(C)C)cc2)cc1. The second-order valence-electron chi connectivity index (χ2n) is 7.86. The Morgan fingerprint density at radius 3 is 1.97 bits per heavy atom. The lowest BCUT2D eigenvalue weighted by Gasteiger charge is -2.27. The third-order valence-electron chi connectivity index (χ3n) is 5.25. The van der Waals surface area contributed by atoms with Gasteiger partial charge in [-0.25, -0.2) is 8.42 Å². The Morgan fingerprint density at radius 2 is 1.42 bits per heavy atom. The van der Waals surface area contributed by atoms with Crippen LogP contribution in [-0.2, 0) is 14.8 Å². The number of benzene rings is 3. The minimum atomic E-state index is -3.93. The van der Waals surface area contributed by atoms with E-state index >= 15 is 0 Å². The molecule has 0 atom stereocenters. The van der Waals surface area contributed by atoms with Gasteiger partial charge in [0.05, 0.1) is 10.6 Å². The first kappa shape index (κ1) is 22.6. The maximum absolute atomic E-state index is 13.5. The molecule has 0 bridgehead atoms. The molecule has 6 heteroatoms. The van der Waals surface area contributed by atoms with Crippen molar-refractivity contribution in [3.05, 3.63) is 90.0 Å². The fraction of sp³-hybridized carbons (Fsp3) is 0.240. The van der Waals surface area contributed by atoms with Gasteiger partial charge in [-0.3, -0.25) is 9.10 Å². The normalized spacial score (nSPS) is 11.4. The van der Waals surface area contributed by atoms with Crippen LogP contribution in [0.4, 0.5) is 11.4 Å². The summed E-state index contributed by atoms with van der Waals surface area (Å²) < 4.78 is 28.2. The van der Waals surface area contributed by atoms with Gasteiger partial charge in [0.25, 0.3) is 10.0 Å². The summed E-state index contributed by atoms with van der Waals surface area (Å²) >= 11 is 0. The zero-order chi connectivity index (χ0) is 22.6. The number of rotatable bonds is 7. The van der Waals surface area contributed by atoms with Crippen molar-refractivity contribution in [1.82, 2.24) is 0 Å². The van der Waals surface area contributed by atoms with Gasteiger partial charge >= 0.3 is 0 Å². The Labute approximate surface area is 185 Å². The predicted octanol–water partition coefficient (Wildman–Crippen LogP) is 4.98. The van der Waals surface area contributed by atoms with E-state index in [2.05, 4.69) is 13.8 Å². The van der Waals surface area contributed by atoms with E-state index in [0.29, 0.717) is 17.3 Å². The fourth-order valence-corrected chi connectivity index (χ4v) is 4.62. The number of likely N-dealkylation sites (N-methyl/N-ethyl adjacent to an activating group) is 1. The Bertz CT molecular complexity index is 1120. The summed E-state index contributed by atoms with van der Waals surface area (Å²) in [6.07, 6.45) is 0. The molecule has 0 aromatic heterocycles. The Morgan fingerprint density at radius 1 is 0.839 bits per heavy atom. The number of para-hydroxylation sites is 1. The van der Waals surface area contributed by atoms with E-state index in [1.54, 1.807) is 43.4 Å². The van der Waals surface area contributed by atoms with Crippen LogP contribution in [0.3, 0.4) is 0 Å². The summed E-state index contributed by atoms with van der Waals surface area (Å²) in [5, 5.41) is 0. The molecule has 0 aliphatic carbocycles. The molecule has 0 aliphatic rings. The second kappa shape index (κ2) is 9.35. The number of carbonyl (C=O) groups excluding carboxylic acids is 1. The molecule has 162 valence electrons. The van der Waals surface area contributed by atoms with Crippen LogP contribution in [0.5, 0.6) is 0 Å². The van der Waals surface area contributed by atoms with Gasteiger partial charge in [0.15, 0.2) is 0 Å². The number of aryl methyl sites for hydroxylation is 1. The van der Waals surface area contributed by atoms with Crippen LogP contribution in [0.1, 0.15) is 30.9 Å². The number of hydrogen-bond acceptors (Lipinski definition) is 3. The van der Waals surface area contributed by atoms with Crippen LogP contribution >= 0.6 is 0 Å². The quantitative estimate of drug-likeness (QED) is 0.525. The van der Waals surface area contributed by atoms with Crippen LogP contribution in [0.15, 0.2) is 83.8 Å². The second-order valence-corrected chi connectivity index (χ2v) is 9.72. The number of nitrogens with zero attached hydrogens (tertiary/aromatic N) is 2. The van der Waals surface area contributed by atoms with Gasteiger partial charge in [-0.05, 0) is 54.8 Å². The van der Waals surface area contributed by atoms with Gasteiger partial charge in [-0.1, -0.05) is 61.9 Å². The van der Waals surface area contributed by atoms with Crippen molar-refractivity contribution in [3.63, 3.8) is 0 Å². The van der Waals surface area contributed by atoms with Crippen molar-refractivity contribution < 1.29 is 13.2 Å². The number of anilines is 2. The van der Waals surface area contributed by atoms with Crippen molar-refractivity contribution in [1.29, 1.82) is 0 Å². The lowest BCUT2D eigenvalue weighted by molar-refractivity contribution is -0.116. The number of amides is 1. The maximum atomic E-state index is 13.5. The monoisotopic (exact) mass is 436 g/mol. The van der Waals surface area contributed by atoms with E-state index in [4.69, 9.17) is 0 Å². The van der Waals surface area contributed by atoms with E-state index in [9.17, 15) is 13.2 Å². The van der Waals surface area contributed by atoms with Crippen LogP contribution in [0.2, 0.25) is 0 Å². The summed E-state index contributed by atoms with van der Waals surface area (Å²) in [6.45, 7) is 5.75. The molecular weight excluding hydrogens is 408 g/mol. The molecular formula is C25H28N2O3S. The molecule has 31 heavy (non-hydrogen) atoms. The molecule has 0 fully saturated rings. The Kier molecular flexibility index (Phi) is 6.81. The average Bonchev–Trinajstić information content (AvgIpc) is 2.77. The molecule has 3 aromatic rings. The van der Waals surface area contributed by atoms with Gasteiger partial charge in [0, 0.05) is 12.7 Å². The molecule has 0 saturated heterocycles. The average molecular weight is 437 g/mol. The third kappa shape index (κ3) is 5.14. The van der Waals surface area contributed by atoms with Crippen LogP contribution in [-0.4, -0.2) is 27.9 Å². The van der Waals surface area contributed by atoms with E-state index in [1.165, 1.54) is 9.21 Å². The highest BCUT2D eigenvalue weighted by Crippen LogP contribution is 2.26. The lowest BCUT2D eigenvalue weighted by Crippen LogP contribution is -2.41. The molecule has 0 unspecified atom stereocenters. The first-order valence-electron chi connectivity index (χ1n) is 10.2. The van der Waals surface area contributed by atoms with Crippen LogP contribution in [0, 0.1) is 6.92 Å². The summed E-state index contributed by atoms with van der Waals surface area (Å²) in [6, 6.07) is 23.2. The van der Waals surface area contributed by atoms with Gasteiger partial charge in [0.2, 0.25) is 5.91 Å². The van der Waals surface area contributed by atoms with Crippen molar-refractivity contribution in [2.24, 2.45) is 0 Å². The van der Waals surface area contributed by atoms with E-state index in [1.807, 2.05) is 49.4 Å². The number of hydrogen-bond donors (Lipinski definition) is 0. The van der Waals surface area contributed by atoms with Crippen molar-refractivity contribution >= 4 is 27.3 Å². The Hall–Kier alpha value is -3.12. The molecule has 0 saturated carbocycles. The van der Waals surface area contributed by atoms with Gasteiger partial charge in [-0.2, -0.15) is 0 Å².